The molecule has 3 aromatic heterocycles. The average molecular weight is 413 g/mol. The van der Waals surface area contributed by atoms with E-state index in [0.29, 0.717) is 17.6 Å². The predicted molar refractivity (Wildman–Crippen MR) is 121 cm³/mol. The summed E-state index contributed by atoms with van der Waals surface area (Å²) in [5.41, 5.74) is 3.99. The van der Waals surface area contributed by atoms with Crippen molar-refractivity contribution in [3.05, 3.63) is 94.3 Å². The van der Waals surface area contributed by atoms with E-state index in [9.17, 15) is 0 Å². The van der Waals surface area contributed by atoms with Crippen LogP contribution in [-0.2, 0) is 0 Å². The lowest BCUT2D eigenvalue weighted by atomic mass is 10.2. The highest BCUT2D eigenvalue weighted by atomic mass is 32.1. The summed E-state index contributed by atoms with van der Waals surface area (Å²) in [6.45, 7) is 0. The molecule has 4 nitrogen and oxygen atoms in total. The summed E-state index contributed by atoms with van der Waals surface area (Å²) in [6.07, 6.45) is 0. The van der Waals surface area contributed by atoms with Crippen molar-refractivity contribution in [1.82, 2.24) is 15.0 Å². The van der Waals surface area contributed by atoms with Crippen LogP contribution in [0.2, 0.25) is 0 Å². The van der Waals surface area contributed by atoms with E-state index in [2.05, 4.69) is 39.9 Å². The molecule has 3 heterocycles. The minimum atomic E-state index is 0.597. The number of para-hydroxylation sites is 2. The predicted octanol–water partition coefficient (Wildman–Crippen LogP) is 6.80. The summed E-state index contributed by atoms with van der Waals surface area (Å²) in [5.74, 6) is 1.95. The van der Waals surface area contributed by atoms with Gasteiger partial charge in [0.25, 0.3) is 0 Å². The Kier molecular flexibility index (Phi) is 4.86. The van der Waals surface area contributed by atoms with Crippen LogP contribution in [0.25, 0.3) is 22.8 Å². The molecule has 6 heteroatoms. The van der Waals surface area contributed by atoms with E-state index in [0.717, 1.165) is 22.5 Å². The van der Waals surface area contributed by atoms with Crippen LogP contribution in [0.5, 0.6) is 0 Å². The van der Waals surface area contributed by atoms with Gasteiger partial charge in [0, 0.05) is 33.3 Å². The highest BCUT2D eigenvalue weighted by Gasteiger charge is 2.19. The number of rotatable bonds is 5. The lowest BCUT2D eigenvalue weighted by molar-refractivity contribution is 1.02. The third kappa shape index (κ3) is 3.68. The van der Waals surface area contributed by atoms with Gasteiger partial charge in [0.1, 0.15) is 0 Å². The molecule has 140 valence electrons. The van der Waals surface area contributed by atoms with Crippen molar-refractivity contribution in [2.45, 2.75) is 0 Å². The number of anilines is 3. The van der Waals surface area contributed by atoms with E-state index in [1.807, 2.05) is 59.3 Å². The summed E-state index contributed by atoms with van der Waals surface area (Å²) in [6, 6.07) is 24.4. The molecule has 0 aliphatic carbocycles. The monoisotopic (exact) mass is 412 g/mol. The Bertz CT molecular complexity index is 1100. The molecular weight excluding hydrogens is 396 g/mol. The maximum absolute atomic E-state index is 4.85. The first-order chi connectivity index (χ1) is 14.4. The first kappa shape index (κ1) is 17.7. The maximum atomic E-state index is 4.85. The fourth-order valence-electron chi connectivity index (χ4n) is 3.04. The molecule has 0 amide bonds. The van der Waals surface area contributed by atoms with E-state index in [4.69, 9.17) is 15.0 Å². The molecule has 0 saturated heterocycles. The molecule has 0 aliphatic rings. The normalized spacial score (nSPS) is 10.8. The topological polar surface area (TPSA) is 41.9 Å². The van der Waals surface area contributed by atoms with Gasteiger partial charge in [0.15, 0.2) is 11.6 Å². The largest absolute Gasteiger partial charge is 0.279 e. The van der Waals surface area contributed by atoms with Gasteiger partial charge < -0.3 is 0 Å². The van der Waals surface area contributed by atoms with Gasteiger partial charge in [0.05, 0.1) is 0 Å². The summed E-state index contributed by atoms with van der Waals surface area (Å²) in [5, 5.41) is 8.20. The highest BCUT2D eigenvalue weighted by Crippen LogP contribution is 2.34. The fraction of sp³-hybridized carbons (Fsp3) is 0. The Hall–Kier alpha value is -3.35. The van der Waals surface area contributed by atoms with Crippen LogP contribution in [0.4, 0.5) is 17.3 Å². The second kappa shape index (κ2) is 7.95. The third-order valence-corrected chi connectivity index (χ3v) is 5.78. The Morgan fingerprint density at radius 1 is 0.552 bits per heavy atom. The number of benzene rings is 2. The van der Waals surface area contributed by atoms with Gasteiger partial charge in [-0.3, -0.25) is 4.90 Å². The van der Waals surface area contributed by atoms with E-state index in [1.165, 1.54) is 0 Å². The van der Waals surface area contributed by atoms with E-state index < -0.39 is 0 Å². The summed E-state index contributed by atoms with van der Waals surface area (Å²) in [4.78, 5) is 16.5. The van der Waals surface area contributed by atoms with Crippen molar-refractivity contribution >= 4 is 40.0 Å². The standard InChI is InChI=1S/C23H16N4S2/c1-3-7-19(8-4-1)27(20-9-5-2-6-10-20)23-25-21(17-11-13-28-15-17)24-22(26-23)18-12-14-29-16-18/h1-16H. The molecular formula is C23H16N4S2. The first-order valence-electron chi connectivity index (χ1n) is 9.10. The number of hydrogen-bond acceptors (Lipinski definition) is 6. The molecule has 0 spiro atoms. The number of aromatic nitrogens is 3. The lowest BCUT2D eigenvalue weighted by Gasteiger charge is -2.23. The van der Waals surface area contributed by atoms with Gasteiger partial charge in [-0.15, -0.1) is 0 Å². The minimum absolute atomic E-state index is 0.597. The van der Waals surface area contributed by atoms with Gasteiger partial charge in [-0.25, -0.2) is 4.98 Å². The fourth-order valence-corrected chi connectivity index (χ4v) is 4.31. The van der Waals surface area contributed by atoms with Crippen molar-refractivity contribution in [3.63, 3.8) is 0 Å². The van der Waals surface area contributed by atoms with Crippen LogP contribution >= 0.6 is 22.7 Å². The van der Waals surface area contributed by atoms with Gasteiger partial charge in [-0.05, 0) is 47.2 Å². The Labute approximate surface area is 176 Å². The SMILES string of the molecule is c1ccc(N(c2ccccc2)c2nc(-c3ccsc3)nc(-c3ccsc3)n2)cc1. The molecule has 5 aromatic rings. The van der Waals surface area contributed by atoms with Crippen LogP contribution in [0.15, 0.2) is 94.3 Å². The lowest BCUT2D eigenvalue weighted by Crippen LogP contribution is -2.15. The average Bonchev–Trinajstić information content (AvgIpc) is 3.50. The van der Waals surface area contributed by atoms with Crippen molar-refractivity contribution in [3.8, 4) is 22.8 Å². The quantitative estimate of drug-likeness (QED) is 0.318. The molecule has 29 heavy (non-hydrogen) atoms. The Morgan fingerprint density at radius 2 is 1.03 bits per heavy atom. The second-order valence-corrected chi connectivity index (χ2v) is 7.87. The smallest absolute Gasteiger partial charge is 0.238 e. The van der Waals surface area contributed by atoms with Crippen LogP contribution in [0, 0.1) is 0 Å². The molecule has 0 aliphatic heterocycles. The molecule has 0 radical (unpaired) electrons. The van der Waals surface area contributed by atoms with E-state index in [-0.39, 0.29) is 0 Å². The van der Waals surface area contributed by atoms with Gasteiger partial charge in [-0.1, -0.05) is 36.4 Å². The van der Waals surface area contributed by atoms with E-state index in [1.54, 1.807) is 22.7 Å². The van der Waals surface area contributed by atoms with Crippen LogP contribution in [-0.4, -0.2) is 15.0 Å². The zero-order valence-corrected chi connectivity index (χ0v) is 17.0. The zero-order chi connectivity index (χ0) is 19.5. The van der Waals surface area contributed by atoms with Crippen LogP contribution < -0.4 is 4.90 Å². The number of nitrogens with zero attached hydrogens (tertiary/aromatic N) is 4. The molecule has 0 fully saturated rings. The van der Waals surface area contributed by atoms with Crippen molar-refractivity contribution in [2.24, 2.45) is 0 Å². The Balaban J connectivity index is 1.73. The van der Waals surface area contributed by atoms with Crippen LogP contribution in [0.1, 0.15) is 0 Å². The summed E-state index contributed by atoms with van der Waals surface area (Å²) < 4.78 is 0. The van der Waals surface area contributed by atoms with Crippen molar-refractivity contribution in [1.29, 1.82) is 0 Å². The van der Waals surface area contributed by atoms with Crippen LogP contribution in [0.3, 0.4) is 0 Å². The molecule has 2 aromatic carbocycles. The molecule has 0 bridgehead atoms. The number of thiophene rings is 2. The first-order valence-corrected chi connectivity index (χ1v) is 11.0. The molecule has 0 saturated carbocycles. The Morgan fingerprint density at radius 3 is 1.45 bits per heavy atom. The molecule has 0 unspecified atom stereocenters. The minimum Gasteiger partial charge on any atom is -0.279 e. The molecule has 0 atom stereocenters. The zero-order valence-electron chi connectivity index (χ0n) is 15.3. The summed E-state index contributed by atoms with van der Waals surface area (Å²) >= 11 is 3.27. The van der Waals surface area contributed by atoms with E-state index >= 15 is 0 Å². The van der Waals surface area contributed by atoms with Gasteiger partial charge >= 0.3 is 0 Å². The van der Waals surface area contributed by atoms with Crippen molar-refractivity contribution < 1.29 is 0 Å². The summed E-state index contributed by atoms with van der Waals surface area (Å²) in [7, 11) is 0. The number of hydrogen-bond donors (Lipinski definition) is 0. The molecule has 5 rings (SSSR count). The van der Waals surface area contributed by atoms with Gasteiger partial charge in [0.2, 0.25) is 5.95 Å². The van der Waals surface area contributed by atoms with Gasteiger partial charge in [-0.2, -0.15) is 32.6 Å². The highest BCUT2D eigenvalue weighted by molar-refractivity contribution is 7.08. The second-order valence-electron chi connectivity index (χ2n) is 6.31. The maximum Gasteiger partial charge on any atom is 0.238 e. The third-order valence-electron chi connectivity index (χ3n) is 4.41. The van der Waals surface area contributed by atoms with Crippen molar-refractivity contribution in [2.75, 3.05) is 4.90 Å². The molecule has 0 N–H and O–H groups in total.